The summed E-state index contributed by atoms with van der Waals surface area (Å²) in [4.78, 5) is 23.2. The van der Waals surface area contributed by atoms with Crippen LogP contribution in [-0.4, -0.2) is 23.6 Å². The summed E-state index contributed by atoms with van der Waals surface area (Å²) in [5.74, 6) is 2.49. The van der Waals surface area contributed by atoms with Crippen LogP contribution in [0.25, 0.3) is 0 Å². The molecular weight excluding hydrogens is 316 g/mol. The number of rotatable bonds is 1. The van der Waals surface area contributed by atoms with Crippen LogP contribution in [0.2, 0.25) is 0 Å². The molecule has 4 heteroatoms. The Bertz CT molecular complexity index is 572. The number of carbonyl (C=O) groups is 2. The fraction of sp³-hybridized carbons (Fsp3) is 0.905. The van der Waals surface area contributed by atoms with Crippen LogP contribution >= 0.6 is 0 Å². The van der Waals surface area contributed by atoms with Crippen molar-refractivity contribution in [2.45, 2.75) is 90.3 Å². The summed E-state index contributed by atoms with van der Waals surface area (Å²) in [6, 6.07) is 0. The summed E-state index contributed by atoms with van der Waals surface area (Å²) in [6.07, 6.45) is 9.60. The van der Waals surface area contributed by atoms with Gasteiger partial charge in [0.15, 0.2) is 0 Å². The second kappa shape index (κ2) is 5.99. The van der Waals surface area contributed by atoms with E-state index >= 15 is 0 Å². The Balaban J connectivity index is 1.53. The third-order valence-corrected chi connectivity index (χ3v) is 8.29. The molecule has 140 valence electrons. The lowest BCUT2D eigenvalue weighted by Crippen LogP contribution is -2.58. The Hall–Kier alpha value is -1.06. The molecule has 3 saturated carbocycles. The zero-order valence-electron chi connectivity index (χ0n) is 15.9. The number of carbonyl (C=O) groups excluding carboxylic acids is 2. The van der Waals surface area contributed by atoms with Crippen molar-refractivity contribution in [2.24, 2.45) is 29.1 Å². The van der Waals surface area contributed by atoms with Crippen LogP contribution in [0, 0.1) is 29.1 Å². The van der Waals surface area contributed by atoms with Crippen molar-refractivity contribution < 1.29 is 19.1 Å². The molecule has 0 aromatic heterocycles. The van der Waals surface area contributed by atoms with Gasteiger partial charge < -0.3 is 9.47 Å². The van der Waals surface area contributed by atoms with Crippen molar-refractivity contribution in [2.75, 3.05) is 0 Å². The molecule has 0 aromatic rings. The first-order chi connectivity index (χ1) is 11.8. The van der Waals surface area contributed by atoms with E-state index in [9.17, 15) is 9.59 Å². The van der Waals surface area contributed by atoms with Crippen LogP contribution in [-0.2, 0) is 19.1 Å². The monoisotopic (exact) mass is 348 g/mol. The molecule has 4 fully saturated rings. The Kier molecular flexibility index (Phi) is 4.16. The predicted octanol–water partition coefficient (Wildman–Crippen LogP) is 4.26. The molecule has 7 atom stereocenters. The number of fused-ring (bicyclic) bond motifs is 5. The van der Waals surface area contributed by atoms with E-state index in [0.29, 0.717) is 29.6 Å². The summed E-state index contributed by atoms with van der Waals surface area (Å²) in [6.45, 7) is 6.20. The molecule has 4 aliphatic rings. The number of ether oxygens (including phenoxy) is 2. The van der Waals surface area contributed by atoms with Gasteiger partial charge in [0.1, 0.15) is 11.7 Å². The fourth-order valence-electron chi connectivity index (χ4n) is 7.08. The molecule has 1 heterocycles. The molecule has 0 unspecified atom stereocenters. The van der Waals surface area contributed by atoms with E-state index in [1.165, 1.54) is 32.6 Å². The summed E-state index contributed by atoms with van der Waals surface area (Å²) >= 11 is 0. The first kappa shape index (κ1) is 17.4. The maximum Gasteiger partial charge on any atom is 0.306 e. The molecule has 0 bridgehead atoms. The maximum atomic E-state index is 11.8. The molecule has 0 aromatic carbocycles. The third-order valence-electron chi connectivity index (χ3n) is 8.29. The van der Waals surface area contributed by atoms with E-state index in [-0.39, 0.29) is 23.6 Å². The zero-order chi connectivity index (χ0) is 17.8. The van der Waals surface area contributed by atoms with Crippen molar-refractivity contribution in [3.05, 3.63) is 0 Å². The fourth-order valence-corrected chi connectivity index (χ4v) is 7.08. The van der Waals surface area contributed by atoms with E-state index in [1.54, 1.807) is 0 Å². The molecule has 3 aliphatic carbocycles. The number of hydrogen-bond acceptors (Lipinski definition) is 4. The molecule has 0 amide bonds. The topological polar surface area (TPSA) is 52.6 Å². The lowest BCUT2D eigenvalue weighted by atomic mass is 9.46. The standard InChI is InChI=1S/C21H32O4/c1-13(22)24-15-8-10-20(2)14(12-15)4-5-16-17(20)9-11-21(3)18(16)6-7-19(23)25-21/h14-18H,4-12H2,1-3H3/t14-,15-,16+,17+,18+,20-,21+/m1/s1. The molecule has 4 nitrogen and oxygen atoms in total. The summed E-state index contributed by atoms with van der Waals surface area (Å²) in [5.41, 5.74) is 0.136. The maximum absolute atomic E-state index is 11.8. The van der Waals surface area contributed by atoms with Gasteiger partial charge in [-0.3, -0.25) is 9.59 Å². The van der Waals surface area contributed by atoms with Crippen molar-refractivity contribution >= 4 is 11.9 Å². The minimum absolute atomic E-state index is 0.000938. The van der Waals surface area contributed by atoms with Gasteiger partial charge in [-0.1, -0.05) is 6.92 Å². The van der Waals surface area contributed by atoms with Crippen molar-refractivity contribution in [1.82, 2.24) is 0 Å². The van der Waals surface area contributed by atoms with Gasteiger partial charge >= 0.3 is 11.9 Å². The normalized spacial score (nSPS) is 49.2. The minimum atomic E-state index is -0.228. The molecular formula is C21H32O4. The van der Waals surface area contributed by atoms with Crippen LogP contribution in [0.5, 0.6) is 0 Å². The zero-order valence-corrected chi connectivity index (χ0v) is 15.9. The molecule has 0 spiro atoms. The molecule has 1 aliphatic heterocycles. The summed E-state index contributed by atoms with van der Waals surface area (Å²) in [7, 11) is 0. The Morgan fingerprint density at radius 1 is 1.08 bits per heavy atom. The predicted molar refractivity (Wildman–Crippen MR) is 93.7 cm³/mol. The Morgan fingerprint density at radius 3 is 2.64 bits per heavy atom. The highest BCUT2D eigenvalue weighted by Gasteiger charge is 2.59. The van der Waals surface area contributed by atoms with Crippen LogP contribution in [0.4, 0.5) is 0 Å². The molecule has 0 radical (unpaired) electrons. The van der Waals surface area contributed by atoms with E-state index in [1.807, 2.05) is 0 Å². The Morgan fingerprint density at radius 2 is 1.88 bits per heavy atom. The van der Waals surface area contributed by atoms with Crippen LogP contribution in [0.3, 0.4) is 0 Å². The van der Waals surface area contributed by atoms with Crippen LogP contribution in [0.15, 0.2) is 0 Å². The SMILES string of the molecule is CC(=O)O[C@@H]1CC[C@]2(C)[C@H](CC[C@H]3[C@@H]2CC[C@]2(C)OC(=O)CC[C@@H]32)C1. The first-order valence-corrected chi connectivity index (χ1v) is 10.2. The molecule has 25 heavy (non-hydrogen) atoms. The lowest BCUT2D eigenvalue weighted by molar-refractivity contribution is -0.205. The molecule has 4 rings (SSSR count). The molecule has 0 N–H and O–H groups in total. The highest BCUT2D eigenvalue weighted by molar-refractivity contribution is 5.71. The van der Waals surface area contributed by atoms with Gasteiger partial charge in [-0.2, -0.15) is 0 Å². The summed E-state index contributed by atoms with van der Waals surface area (Å²) < 4.78 is 11.4. The smallest absolute Gasteiger partial charge is 0.306 e. The van der Waals surface area contributed by atoms with Gasteiger partial charge in [0.05, 0.1) is 0 Å². The minimum Gasteiger partial charge on any atom is -0.463 e. The van der Waals surface area contributed by atoms with Gasteiger partial charge in [0, 0.05) is 19.3 Å². The van der Waals surface area contributed by atoms with Gasteiger partial charge in [-0.15, -0.1) is 0 Å². The quantitative estimate of drug-likeness (QED) is 0.665. The van der Waals surface area contributed by atoms with E-state index in [4.69, 9.17) is 9.47 Å². The van der Waals surface area contributed by atoms with Crippen molar-refractivity contribution in [3.63, 3.8) is 0 Å². The third kappa shape index (κ3) is 2.80. The van der Waals surface area contributed by atoms with Crippen LogP contribution in [0.1, 0.15) is 78.6 Å². The average molecular weight is 348 g/mol. The van der Waals surface area contributed by atoms with Gasteiger partial charge in [-0.25, -0.2) is 0 Å². The number of esters is 2. The van der Waals surface area contributed by atoms with Gasteiger partial charge in [-0.05, 0) is 81.5 Å². The van der Waals surface area contributed by atoms with Gasteiger partial charge in [0.2, 0.25) is 0 Å². The number of hydrogen-bond donors (Lipinski definition) is 0. The van der Waals surface area contributed by atoms with Crippen molar-refractivity contribution in [1.29, 1.82) is 0 Å². The second-order valence-electron chi connectivity index (χ2n) is 9.53. The average Bonchev–Trinajstić information content (AvgIpc) is 2.53. The van der Waals surface area contributed by atoms with E-state index < -0.39 is 0 Å². The Labute approximate surface area is 151 Å². The first-order valence-electron chi connectivity index (χ1n) is 10.2. The second-order valence-corrected chi connectivity index (χ2v) is 9.53. The van der Waals surface area contributed by atoms with E-state index in [0.717, 1.165) is 31.6 Å². The van der Waals surface area contributed by atoms with Crippen LogP contribution < -0.4 is 0 Å². The lowest BCUT2D eigenvalue weighted by Gasteiger charge is -2.61. The molecule has 1 saturated heterocycles. The summed E-state index contributed by atoms with van der Waals surface area (Å²) in [5, 5.41) is 0. The highest BCUT2D eigenvalue weighted by Crippen LogP contribution is 2.63. The highest BCUT2D eigenvalue weighted by atomic mass is 16.6. The largest absolute Gasteiger partial charge is 0.463 e. The van der Waals surface area contributed by atoms with E-state index in [2.05, 4.69) is 13.8 Å². The van der Waals surface area contributed by atoms with Crippen molar-refractivity contribution in [3.8, 4) is 0 Å². The van der Waals surface area contributed by atoms with Gasteiger partial charge in [0.25, 0.3) is 0 Å².